The number of fused-ring (bicyclic) bond motifs is 1. The summed E-state index contributed by atoms with van der Waals surface area (Å²) in [5.74, 6) is -0.000221. The Bertz CT molecular complexity index is 1140. The number of rotatable bonds is 4. The highest BCUT2D eigenvalue weighted by Crippen LogP contribution is 2.14. The van der Waals surface area contributed by atoms with E-state index in [4.69, 9.17) is 0 Å². The smallest absolute Gasteiger partial charge is 0.264 e. The fourth-order valence-electron chi connectivity index (χ4n) is 3.63. The van der Waals surface area contributed by atoms with Crippen molar-refractivity contribution in [3.63, 3.8) is 0 Å². The molecular formula is C21H24N6O3. The summed E-state index contributed by atoms with van der Waals surface area (Å²) < 4.78 is 3.09. The van der Waals surface area contributed by atoms with Crippen LogP contribution in [0.1, 0.15) is 18.9 Å². The summed E-state index contributed by atoms with van der Waals surface area (Å²) in [6.07, 6.45) is 3.20. The van der Waals surface area contributed by atoms with Gasteiger partial charge in [0.05, 0.1) is 18.2 Å². The maximum Gasteiger partial charge on any atom is 0.264 e. The van der Waals surface area contributed by atoms with Gasteiger partial charge in [0.15, 0.2) is 5.65 Å². The van der Waals surface area contributed by atoms with Crippen LogP contribution in [0.4, 0.5) is 0 Å². The molecular weight excluding hydrogens is 384 g/mol. The minimum Gasteiger partial charge on any atom is -0.339 e. The largest absolute Gasteiger partial charge is 0.339 e. The minimum atomic E-state index is -0.215. The van der Waals surface area contributed by atoms with E-state index in [1.165, 1.54) is 24.0 Å². The van der Waals surface area contributed by atoms with E-state index in [0.717, 1.165) is 11.3 Å². The molecule has 0 unspecified atom stereocenters. The molecule has 9 heteroatoms. The molecule has 0 aliphatic carbocycles. The molecule has 2 aromatic heterocycles. The molecule has 0 atom stereocenters. The van der Waals surface area contributed by atoms with E-state index in [0.29, 0.717) is 37.2 Å². The molecule has 9 nitrogen and oxygen atoms in total. The van der Waals surface area contributed by atoms with Gasteiger partial charge < -0.3 is 9.80 Å². The molecule has 4 rings (SSSR count). The van der Waals surface area contributed by atoms with E-state index >= 15 is 0 Å². The second-order valence-electron chi connectivity index (χ2n) is 7.51. The lowest BCUT2D eigenvalue weighted by Gasteiger charge is -2.34. The van der Waals surface area contributed by atoms with Crippen LogP contribution in [0.5, 0.6) is 0 Å². The van der Waals surface area contributed by atoms with E-state index in [9.17, 15) is 14.4 Å². The van der Waals surface area contributed by atoms with Crippen molar-refractivity contribution < 1.29 is 9.59 Å². The monoisotopic (exact) mass is 408 g/mol. The van der Waals surface area contributed by atoms with Crippen LogP contribution in [0.25, 0.3) is 16.7 Å². The molecule has 1 aliphatic heterocycles. The third kappa shape index (κ3) is 3.83. The maximum absolute atomic E-state index is 12.8. The lowest BCUT2D eigenvalue weighted by atomic mass is 10.2. The number of aromatic nitrogens is 4. The summed E-state index contributed by atoms with van der Waals surface area (Å²) in [4.78, 5) is 44.6. The van der Waals surface area contributed by atoms with Gasteiger partial charge in [0.1, 0.15) is 5.39 Å². The molecule has 0 radical (unpaired) electrons. The van der Waals surface area contributed by atoms with Gasteiger partial charge in [0.2, 0.25) is 11.8 Å². The molecule has 0 N–H and O–H groups in total. The SMILES string of the molecule is CC(=O)N1CCN(C(=O)CCn2cnc3c(cnn3-c3ccc(C)cc3)c2=O)CC1. The molecule has 1 aromatic carbocycles. The number of nitrogens with zero attached hydrogens (tertiary/aromatic N) is 6. The van der Waals surface area contributed by atoms with Crippen molar-refractivity contribution in [1.29, 1.82) is 0 Å². The molecule has 1 saturated heterocycles. The molecule has 1 aliphatic rings. The van der Waals surface area contributed by atoms with Gasteiger partial charge in [-0.2, -0.15) is 5.10 Å². The van der Waals surface area contributed by atoms with Gasteiger partial charge in [0.25, 0.3) is 5.56 Å². The Morgan fingerprint density at radius 2 is 1.70 bits per heavy atom. The minimum absolute atomic E-state index is 0.0270. The molecule has 1 fully saturated rings. The highest BCUT2D eigenvalue weighted by Gasteiger charge is 2.22. The molecule has 0 saturated carbocycles. The summed E-state index contributed by atoms with van der Waals surface area (Å²) in [6, 6.07) is 7.82. The first-order valence-corrected chi connectivity index (χ1v) is 9.97. The molecule has 3 heterocycles. The maximum atomic E-state index is 12.8. The Balaban J connectivity index is 1.46. The molecule has 0 bridgehead atoms. The summed E-state index contributed by atoms with van der Waals surface area (Å²) >= 11 is 0. The number of hydrogen-bond donors (Lipinski definition) is 0. The van der Waals surface area contributed by atoms with Gasteiger partial charge in [-0.25, -0.2) is 9.67 Å². The Labute approximate surface area is 173 Å². The lowest BCUT2D eigenvalue weighted by molar-refractivity contribution is -0.138. The quantitative estimate of drug-likeness (QED) is 0.641. The van der Waals surface area contributed by atoms with Crippen molar-refractivity contribution in [1.82, 2.24) is 29.1 Å². The van der Waals surface area contributed by atoms with Crippen LogP contribution in [-0.2, 0) is 16.1 Å². The van der Waals surface area contributed by atoms with Gasteiger partial charge in [-0.1, -0.05) is 17.7 Å². The first-order chi connectivity index (χ1) is 14.4. The first-order valence-electron chi connectivity index (χ1n) is 9.97. The fraction of sp³-hybridized carbons (Fsp3) is 0.381. The Morgan fingerprint density at radius 1 is 1.03 bits per heavy atom. The molecule has 2 amide bonds. The molecule has 156 valence electrons. The zero-order valence-corrected chi connectivity index (χ0v) is 17.1. The highest BCUT2D eigenvalue weighted by atomic mass is 16.2. The molecule has 0 spiro atoms. The van der Waals surface area contributed by atoms with E-state index in [-0.39, 0.29) is 30.3 Å². The molecule has 3 aromatic rings. The average molecular weight is 408 g/mol. The third-order valence-corrected chi connectivity index (χ3v) is 5.48. The van der Waals surface area contributed by atoms with Crippen LogP contribution in [0.3, 0.4) is 0 Å². The van der Waals surface area contributed by atoms with Crippen LogP contribution in [0.15, 0.2) is 41.6 Å². The Morgan fingerprint density at radius 3 is 2.37 bits per heavy atom. The average Bonchev–Trinajstić information content (AvgIpc) is 3.18. The van der Waals surface area contributed by atoms with E-state index in [2.05, 4.69) is 10.1 Å². The van der Waals surface area contributed by atoms with E-state index in [1.807, 2.05) is 31.2 Å². The lowest BCUT2D eigenvalue weighted by Crippen LogP contribution is -2.50. The number of benzene rings is 1. The van der Waals surface area contributed by atoms with Gasteiger partial charge in [-0.3, -0.25) is 19.0 Å². The molecule has 30 heavy (non-hydrogen) atoms. The predicted octanol–water partition coefficient (Wildman–Crippen LogP) is 0.971. The van der Waals surface area contributed by atoms with Gasteiger partial charge in [-0.05, 0) is 19.1 Å². The van der Waals surface area contributed by atoms with Crippen molar-refractivity contribution in [2.45, 2.75) is 26.8 Å². The standard InChI is InChI=1S/C21H24N6O3/c1-15-3-5-17(6-4-15)27-20-18(13-23-27)21(30)26(14-22-20)8-7-19(29)25-11-9-24(10-12-25)16(2)28/h3-6,13-14H,7-12H2,1-2H3. The summed E-state index contributed by atoms with van der Waals surface area (Å²) in [5, 5.41) is 4.74. The van der Waals surface area contributed by atoms with Crippen molar-refractivity contribution in [2.75, 3.05) is 26.2 Å². The van der Waals surface area contributed by atoms with Crippen LogP contribution >= 0.6 is 0 Å². The zero-order chi connectivity index (χ0) is 21.3. The van der Waals surface area contributed by atoms with Crippen molar-refractivity contribution in [3.8, 4) is 5.69 Å². The predicted molar refractivity (Wildman–Crippen MR) is 111 cm³/mol. The van der Waals surface area contributed by atoms with Crippen LogP contribution in [-0.4, -0.2) is 67.1 Å². The number of aryl methyl sites for hydroxylation is 2. The second-order valence-corrected chi connectivity index (χ2v) is 7.51. The van der Waals surface area contributed by atoms with Crippen LogP contribution < -0.4 is 5.56 Å². The fourth-order valence-corrected chi connectivity index (χ4v) is 3.63. The second kappa shape index (κ2) is 8.10. The first kappa shape index (κ1) is 19.8. The zero-order valence-electron chi connectivity index (χ0n) is 17.1. The van der Waals surface area contributed by atoms with E-state index < -0.39 is 0 Å². The number of carbonyl (C=O) groups excluding carboxylic acids is 2. The number of amides is 2. The van der Waals surface area contributed by atoms with E-state index in [1.54, 1.807) is 14.5 Å². The van der Waals surface area contributed by atoms with Crippen molar-refractivity contribution in [3.05, 3.63) is 52.7 Å². The highest BCUT2D eigenvalue weighted by molar-refractivity contribution is 5.78. The summed E-state index contributed by atoms with van der Waals surface area (Å²) in [7, 11) is 0. The summed E-state index contributed by atoms with van der Waals surface area (Å²) in [5.41, 5.74) is 2.25. The topological polar surface area (TPSA) is 93.3 Å². The van der Waals surface area contributed by atoms with Crippen molar-refractivity contribution in [2.24, 2.45) is 0 Å². The van der Waals surface area contributed by atoms with Crippen molar-refractivity contribution >= 4 is 22.8 Å². The third-order valence-electron chi connectivity index (χ3n) is 5.48. The number of piperazine rings is 1. The van der Waals surface area contributed by atoms with Gasteiger partial charge in [0, 0.05) is 46.1 Å². The Kier molecular flexibility index (Phi) is 5.35. The number of carbonyl (C=O) groups is 2. The van der Waals surface area contributed by atoms with Crippen LogP contribution in [0, 0.1) is 6.92 Å². The number of hydrogen-bond acceptors (Lipinski definition) is 5. The normalized spacial score (nSPS) is 14.3. The van der Waals surface area contributed by atoms with Gasteiger partial charge in [-0.15, -0.1) is 0 Å². The van der Waals surface area contributed by atoms with Crippen LogP contribution in [0.2, 0.25) is 0 Å². The van der Waals surface area contributed by atoms with Gasteiger partial charge >= 0.3 is 0 Å². The summed E-state index contributed by atoms with van der Waals surface area (Å²) in [6.45, 7) is 5.94. The Hall–Kier alpha value is -3.49.